The van der Waals surface area contributed by atoms with Gasteiger partial charge in [-0.3, -0.25) is 14.6 Å². The standard InChI is InChI=1S/C28H27FN4O7S.H2O/c1-37-26-17-20-23(18-27(26)39-15-12-33-10-13-38-14-11-33)30-9-8-24(20)40-25-7-6-19(16-21(25)29)32-41(35,36)28-5-3-2-4-22(28)31-34;/h2-9,16-18,32H,10-15H2,1H3;1H2. The van der Waals surface area contributed by atoms with E-state index in [1.54, 1.807) is 23.4 Å². The van der Waals surface area contributed by atoms with Gasteiger partial charge in [0.1, 0.15) is 12.4 Å². The number of nitrogens with one attached hydrogen (secondary N) is 2. The van der Waals surface area contributed by atoms with E-state index in [1.165, 1.54) is 49.7 Å². The molecule has 1 aliphatic rings. The number of ether oxygens (including phenoxy) is 4. The van der Waals surface area contributed by atoms with E-state index < -0.39 is 15.8 Å². The lowest BCUT2D eigenvalue weighted by Crippen LogP contribution is -2.56. The molecule has 1 saturated heterocycles. The van der Waals surface area contributed by atoms with E-state index in [1.807, 2.05) is 0 Å². The first-order valence-electron chi connectivity index (χ1n) is 12.7. The number of hydrogen-bond acceptors (Lipinski definition) is 10. The van der Waals surface area contributed by atoms with Crippen LogP contribution in [0.1, 0.15) is 0 Å². The van der Waals surface area contributed by atoms with Gasteiger partial charge in [-0.15, -0.1) is 0 Å². The van der Waals surface area contributed by atoms with Crippen LogP contribution in [0.3, 0.4) is 0 Å². The van der Waals surface area contributed by atoms with Crippen LogP contribution in [0.15, 0.2) is 71.8 Å². The summed E-state index contributed by atoms with van der Waals surface area (Å²) in [6.07, 6.45) is 1.53. The number of morpholine rings is 1. The summed E-state index contributed by atoms with van der Waals surface area (Å²) in [6, 6.07) is 14.3. The molecule has 5 rings (SSSR count). The first kappa shape index (κ1) is 30.6. The summed E-state index contributed by atoms with van der Waals surface area (Å²) >= 11 is 0. The minimum Gasteiger partial charge on any atom is -0.870 e. The Morgan fingerprint density at radius 2 is 1.81 bits per heavy atom. The van der Waals surface area contributed by atoms with Crippen LogP contribution in [0, 0.1) is 10.7 Å². The summed E-state index contributed by atoms with van der Waals surface area (Å²) in [5.41, 5.74) is 0.377. The number of para-hydroxylation sites is 1. The van der Waals surface area contributed by atoms with Gasteiger partial charge in [-0.1, -0.05) is 12.1 Å². The molecular weight excluding hydrogens is 571 g/mol. The molecule has 0 unspecified atom stereocenters. The molecule has 222 valence electrons. The van der Waals surface area contributed by atoms with Crippen LogP contribution in [-0.2, 0) is 14.8 Å². The van der Waals surface area contributed by atoms with Gasteiger partial charge in [0.15, 0.2) is 28.0 Å². The van der Waals surface area contributed by atoms with Crippen molar-refractivity contribution in [1.82, 2.24) is 9.88 Å². The van der Waals surface area contributed by atoms with E-state index in [0.717, 1.165) is 25.7 Å². The first-order chi connectivity index (χ1) is 19.9. The van der Waals surface area contributed by atoms with Crippen LogP contribution in [0.2, 0.25) is 0 Å². The minimum atomic E-state index is -4.16. The number of nitrogens with zero attached hydrogens (tertiary/aromatic N) is 2. The van der Waals surface area contributed by atoms with Crippen LogP contribution < -0.4 is 24.1 Å². The molecule has 1 aromatic heterocycles. The Kier molecular flexibility index (Phi) is 9.85. The van der Waals surface area contributed by atoms with Crippen molar-refractivity contribution in [2.75, 3.05) is 51.3 Å². The molecule has 14 heteroatoms. The van der Waals surface area contributed by atoms with Crippen molar-refractivity contribution in [1.29, 1.82) is 0 Å². The highest BCUT2D eigenvalue weighted by Crippen LogP contribution is 2.38. The van der Waals surface area contributed by atoms with Crippen LogP contribution in [-0.4, -0.2) is 70.3 Å². The third-order valence-electron chi connectivity index (χ3n) is 6.45. The summed E-state index contributed by atoms with van der Waals surface area (Å²) in [6.45, 7) is 4.33. The van der Waals surface area contributed by atoms with Crippen molar-refractivity contribution in [3.63, 3.8) is 0 Å². The third-order valence-corrected chi connectivity index (χ3v) is 7.89. The number of fused-ring (bicyclic) bond motifs is 1. The highest BCUT2D eigenvalue weighted by Gasteiger charge is 2.23. The van der Waals surface area contributed by atoms with Gasteiger partial charge in [-0.2, -0.15) is 0 Å². The van der Waals surface area contributed by atoms with Crippen molar-refractivity contribution in [2.45, 2.75) is 4.90 Å². The third kappa shape index (κ3) is 6.91. The molecule has 0 bridgehead atoms. The highest BCUT2D eigenvalue weighted by molar-refractivity contribution is 7.92. The number of sulfonamides is 1. The number of methoxy groups -OCH3 is 1. The van der Waals surface area contributed by atoms with E-state index in [-0.39, 0.29) is 27.5 Å². The molecule has 1 aliphatic heterocycles. The fraction of sp³-hybridized carbons (Fsp3) is 0.250. The van der Waals surface area contributed by atoms with E-state index in [9.17, 15) is 13.3 Å². The van der Waals surface area contributed by atoms with E-state index in [2.05, 4.69) is 14.6 Å². The lowest BCUT2D eigenvalue weighted by Gasteiger charge is -2.26. The zero-order valence-electron chi connectivity index (χ0n) is 22.6. The number of nitroso groups, excluding NO2 is 1. The topological polar surface area (TPSA) is 160 Å². The molecular formula is C28H29FN4O8S. The first-order valence-corrected chi connectivity index (χ1v) is 14.2. The van der Waals surface area contributed by atoms with Crippen LogP contribution in [0.5, 0.6) is 23.0 Å². The molecule has 42 heavy (non-hydrogen) atoms. The lowest BCUT2D eigenvalue weighted by molar-refractivity contribution is -0.382. The smallest absolute Gasteiger partial charge is 0.273 e. The lowest BCUT2D eigenvalue weighted by atomic mass is 10.1. The molecule has 3 aromatic carbocycles. The second kappa shape index (κ2) is 13.5. The Bertz CT molecular complexity index is 1670. The van der Waals surface area contributed by atoms with Gasteiger partial charge in [-0.25, -0.2) is 12.8 Å². The maximum absolute atomic E-state index is 15.1. The van der Waals surface area contributed by atoms with Gasteiger partial charge in [0, 0.05) is 59.5 Å². The molecule has 4 aromatic rings. The van der Waals surface area contributed by atoms with Crippen LogP contribution in [0.25, 0.3) is 10.9 Å². The van der Waals surface area contributed by atoms with Gasteiger partial charge in [0.2, 0.25) is 0 Å². The molecule has 3 N–H and O–H groups in total. The minimum absolute atomic E-state index is 0. The number of halogens is 1. The predicted molar refractivity (Wildman–Crippen MR) is 151 cm³/mol. The number of pyridine rings is 1. The SMILES string of the molecule is COc1cc2c(Oc3ccc(NS(=O)(=O)c4ccccc4[NH+]=O)cc3F)ccnc2cc1OCCN1CCOCC1.[OH-]. The van der Waals surface area contributed by atoms with Crippen LogP contribution >= 0.6 is 0 Å². The van der Waals surface area contributed by atoms with Crippen molar-refractivity contribution in [2.24, 2.45) is 0 Å². The van der Waals surface area contributed by atoms with Gasteiger partial charge < -0.3 is 24.4 Å². The molecule has 0 radical (unpaired) electrons. The molecule has 1 fully saturated rings. The Morgan fingerprint density at radius 3 is 2.55 bits per heavy atom. The average Bonchev–Trinajstić information content (AvgIpc) is 2.98. The summed E-state index contributed by atoms with van der Waals surface area (Å²) in [7, 11) is -2.64. The Balaban J connectivity index is 0.00000405. The Morgan fingerprint density at radius 1 is 1.02 bits per heavy atom. The fourth-order valence-electron chi connectivity index (χ4n) is 4.36. The molecule has 0 spiro atoms. The largest absolute Gasteiger partial charge is 0.870 e. The molecule has 2 heterocycles. The van der Waals surface area contributed by atoms with Gasteiger partial charge in [-0.05, 0) is 30.3 Å². The zero-order chi connectivity index (χ0) is 28.8. The van der Waals surface area contributed by atoms with Gasteiger partial charge in [0.25, 0.3) is 15.7 Å². The predicted octanol–water partition coefficient (Wildman–Crippen LogP) is 2.99. The summed E-state index contributed by atoms with van der Waals surface area (Å²) < 4.78 is 65.7. The average molecular weight is 601 g/mol. The highest BCUT2D eigenvalue weighted by atomic mass is 32.2. The zero-order valence-corrected chi connectivity index (χ0v) is 23.4. The van der Waals surface area contributed by atoms with Crippen LogP contribution in [0.4, 0.5) is 15.8 Å². The van der Waals surface area contributed by atoms with E-state index in [0.29, 0.717) is 48.0 Å². The van der Waals surface area contributed by atoms with Crippen molar-refractivity contribution in [3.8, 4) is 23.0 Å². The van der Waals surface area contributed by atoms with Crippen molar-refractivity contribution in [3.05, 3.63) is 77.6 Å². The normalized spacial score (nSPS) is 13.7. The summed E-state index contributed by atoms with van der Waals surface area (Å²) in [5.74, 6) is 0.369. The number of anilines is 1. The van der Waals surface area contributed by atoms with E-state index in [4.69, 9.17) is 18.9 Å². The molecule has 12 nitrogen and oxygen atoms in total. The number of hydrogen-bond donors (Lipinski definition) is 2. The Labute approximate surface area is 241 Å². The molecule has 0 saturated carbocycles. The number of rotatable bonds is 11. The molecule has 0 atom stereocenters. The monoisotopic (exact) mass is 600 g/mol. The number of benzene rings is 3. The quantitative estimate of drug-likeness (QED) is 0.262. The molecule has 0 aliphatic carbocycles. The van der Waals surface area contributed by atoms with E-state index >= 15 is 4.39 Å². The van der Waals surface area contributed by atoms with Crippen molar-refractivity contribution < 1.29 is 42.4 Å². The molecule has 0 amide bonds. The number of aromatic nitrogens is 1. The van der Waals surface area contributed by atoms with Gasteiger partial charge >= 0.3 is 0 Å². The van der Waals surface area contributed by atoms with Gasteiger partial charge in [0.05, 0.1) is 31.5 Å². The summed E-state index contributed by atoms with van der Waals surface area (Å²) in [5, 5.41) is 2.16. The van der Waals surface area contributed by atoms with Crippen molar-refractivity contribution >= 4 is 32.3 Å². The maximum Gasteiger partial charge on any atom is 0.273 e. The summed E-state index contributed by atoms with van der Waals surface area (Å²) in [4.78, 5) is 17.5. The second-order valence-corrected chi connectivity index (χ2v) is 10.7. The second-order valence-electron chi connectivity index (χ2n) is 9.08. The maximum atomic E-state index is 15.1. The Hall–Kier alpha value is -4.37. The fourth-order valence-corrected chi connectivity index (χ4v) is 5.56.